The van der Waals surface area contributed by atoms with Crippen molar-refractivity contribution in [3.05, 3.63) is 54.1 Å². The van der Waals surface area contributed by atoms with E-state index >= 15 is 0 Å². The molecule has 2 aromatic carbocycles. The summed E-state index contributed by atoms with van der Waals surface area (Å²) in [4.78, 5) is 12.2. The Bertz CT molecular complexity index is 786. The van der Waals surface area contributed by atoms with E-state index in [0.29, 0.717) is 18.1 Å². The van der Waals surface area contributed by atoms with Gasteiger partial charge in [0.1, 0.15) is 5.75 Å². The molecule has 4 heteroatoms. The Labute approximate surface area is 215 Å². The van der Waals surface area contributed by atoms with E-state index in [1.807, 2.05) is 36.4 Å². The Morgan fingerprint density at radius 2 is 1.26 bits per heavy atom. The Hall–Kier alpha value is -1.81. The minimum atomic E-state index is -0.253. The first-order valence-electron chi connectivity index (χ1n) is 13.2. The van der Waals surface area contributed by atoms with Gasteiger partial charge in [0.25, 0.3) is 0 Å². The normalized spacial score (nSPS) is 11.9. The molecule has 0 bridgehead atoms. The second-order valence-electron chi connectivity index (χ2n) is 9.29. The molecule has 0 radical (unpaired) electrons. The highest BCUT2D eigenvalue weighted by molar-refractivity contribution is 9.09. The molecule has 34 heavy (non-hydrogen) atoms. The molecule has 0 aromatic heterocycles. The number of hydrogen-bond donors (Lipinski definition) is 0. The van der Waals surface area contributed by atoms with Crippen molar-refractivity contribution < 1.29 is 14.3 Å². The molecule has 1 atom stereocenters. The molecule has 0 heterocycles. The summed E-state index contributed by atoms with van der Waals surface area (Å²) in [6.45, 7) is 5.43. The third kappa shape index (κ3) is 11.6. The number of alkyl halides is 1. The predicted molar refractivity (Wildman–Crippen MR) is 147 cm³/mol. The molecule has 3 nitrogen and oxygen atoms in total. The molecule has 0 N–H and O–H groups in total. The van der Waals surface area contributed by atoms with Gasteiger partial charge in [0, 0.05) is 5.33 Å². The first-order valence-corrected chi connectivity index (χ1v) is 14.3. The molecule has 0 spiro atoms. The molecule has 2 aromatic rings. The topological polar surface area (TPSA) is 35.5 Å². The maximum Gasteiger partial charge on any atom is 0.338 e. The summed E-state index contributed by atoms with van der Waals surface area (Å²) in [5, 5.41) is 1.14. The number of esters is 1. The lowest BCUT2D eigenvalue weighted by molar-refractivity contribution is 0.0447. The summed E-state index contributed by atoms with van der Waals surface area (Å²) in [5.41, 5.74) is 2.78. The standard InChI is InChI=1S/C30H43BrO3/c1-3-25(2)24-34-30(32)28-16-14-26(15-17-28)27-18-20-29(21-19-27)33-23-13-11-9-7-5-4-6-8-10-12-22-31/h14-21,25H,3-13,22-24H2,1-2H3. The Morgan fingerprint density at radius 3 is 1.79 bits per heavy atom. The molecular formula is C30H43BrO3. The number of halogens is 1. The van der Waals surface area contributed by atoms with Gasteiger partial charge in [0.2, 0.25) is 0 Å². The number of ether oxygens (including phenoxy) is 2. The molecule has 0 aliphatic rings. The molecule has 0 aliphatic carbocycles. The third-order valence-electron chi connectivity index (χ3n) is 6.30. The van der Waals surface area contributed by atoms with Gasteiger partial charge < -0.3 is 9.47 Å². The zero-order valence-electron chi connectivity index (χ0n) is 21.2. The van der Waals surface area contributed by atoms with Crippen LogP contribution in [0, 0.1) is 5.92 Å². The van der Waals surface area contributed by atoms with Crippen LogP contribution in [0.25, 0.3) is 11.1 Å². The van der Waals surface area contributed by atoms with Crippen LogP contribution < -0.4 is 4.74 Å². The Morgan fingerprint density at radius 1 is 0.765 bits per heavy atom. The summed E-state index contributed by atoms with van der Waals surface area (Å²) in [6.07, 6.45) is 14.2. The van der Waals surface area contributed by atoms with Gasteiger partial charge in [-0.1, -0.05) is 112 Å². The predicted octanol–water partition coefficient (Wildman–Crippen LogP) is 9.23. The molecule has 1 unspecified atom stereocenters. The highest BCUT2D eigenvalue weighted by Gasteiger charge is 2.09. The van der Waals surface area contributed by atoms with Crippen LogP contribution >= 0.6 is 15.9 Å². The lowest BCUT2D eigenvalue weighted by Gasteiger charge is -2.10. The van der Waals surface area contributed by atoms with E-state index in [4.69, 9.17) is 9.47 Å². The average molecular weight is 532 g/mol. The van der Waals surface area contributed by atoms with Crippen molar-refractivity contribution in [1.82, 2.24) is 0 Å². The maximum atomic E-state index is 12.2. The SMILES string of the molecule is CCC(C)COC(=O)c1ccc(-c2ccc(OCCCCCCCCCCCCBr)cc2)cc1. The van der Waals surface area contributed by atoms with Gasteiger partial charge in [0.05, 0.1) is 18.8 Å². The Kier molecular flexibility index (Phi) is 14.7. The lowest BCUT2D eigenvalue weighted by atomic mass is 10.0. The van der Waals surface area contributed by atoms with Gasteiger partial charge in [-0.05, 0) is 54.2 Å². The van der Waals surface area contributed by atoms with Crippen LogP contribution in [0.15, 0.2) is 48.5 Å². The van der Waals surface area contributed by atoms with E-state index in [2.05, 4.69) is 41.9 Å². The fraction of sp³-hybridized carbons (Fsp3) is 0.567. The van der Waals surface area contributed by atoms with Gasteiger partial charge in [-0.3, -0.25) is 0 Å². The highest BCUT2D eigenvalue weighted by Crippen LogP contribution is 2.23. The van der Waals surface area contributed by atoms with Crippen LogP contribution in [-0.4, -0.2) is 24.5 Å². The van der Waals surface area contributed by atoms with Crippen molar-refractivity contribution in [2.75, 3.05) is 18.5 Å². The lowest BCUT2D eigenvalue weighted by Crippen LogP contribution is -2.11. The summed E-state index contributed by atoms with van der Waals surface area (Å²) in [7, 11) is 0. The summed E-state index contributed by atoms with van der Waals surface area (Å²) in [5.74, 6) is 1.05. The first kappa shape index (κ1) is 28.4. The van der Waals surface area contributed by atoms with Crippen LogP contribution in [0.2, 0.25) is 0 Å². The van der Waals surface area contributed by atoms with Crippen molar-refractivity contribution in [2.45, 2.75) is 84.5 Å². The van der Waals surface area contributed by atoms with Crippen molar-refractivity contribution >= 4 is 21.9 Å². The molecule has 0 saturated heterocycles. The van der Waals surface area contributed by atoms with Crippen LogP contribution in [0.1, 0.15) is 94.8 Å². The van der Waals surface area contributed by atoms with Crippen LogP contribution in [-0.2, 0) is 4.74 Å². The molecule has 2 rings (SSSR count). The molecule has 0 amide bonds. The molecule has 0 aliphatic heterocycles. The van der Waals surface area contributed by atoms with Crippen molar-refractivity contribution in [2.24, 2.45) is 5.92 Å². The first-order chi connectivity index (χ1) is 16.6. The smallest absolute Gasteiger partial charge is 0.338 e. The van der Waals surface area contributed by atoms with E-state index in [1.54, 1.807) is 0 Å². The highest BCUT2D eigenvalue weighted by atomic mass is 79.9. The summed E-state index contributed by atoms with van der Waals surface area (Å²) < 4.78 is 11.3. The Balaban J connectivity index is 1.61. The van der Waals surface area contributed by atoms with E-state index in [0.717, 1.165) is 41.7 Å². The van der Waals surface area contributed by atoms with Crippen LogP contribution in [0.5, 0.6) is 5.75 Å². The van der Waals surface area contributed by atoms with E-state index < -0.39 is 0 Å². The minimum absolute atomic E-state index is 0.253. The summed E-state index contributed by atoms with van der Waals surface area (Å²) in [6, 6.07) is 15.8. The maximum absolute atomic E-state index is 12.2. The number of unbranched alkanes of at least 4 members (excludes halogenated alkanes) is 9. The second-order valence-corrected chi connectivity index (χ2v) is 10.1. The van der Waals surface area contributed by atoms with Crippen LogP contribution in [0.4, 0.5) is 0 Å². The average Bonchev–Trinajstić information content (AvgIpc) is 2.88. The van der Waals surface area contributed by atoms with E-state index in [-0.39, 0.29) is 5.97 Å². The van der Waals surface area contributed by atoms with Gasteiger partial charge in [-0.2, -0.15) is 0 Å². The van der Waals surface area contributed by atoms with Crippen LogP contribution in [0.3, 0.4) is 0 Å². The van der Waals surface area contributed by atoms with Crippen molar-refractivity contribution in [3.8, 4) is 16.9 Å². The van der Waals surface area contributed by atoms with E-state index in [9.17, 15) is 4.79 Å². The van der Waals surface area contributed by atoms with E-state index in [1.165, 1.54) is 57.8 Å². The quantitative estimate of drug-likeness (QED) is 0.109. The van der Waals surface area contributed by atoms with Gasteiger partial charge in [-0.15, -0.1) is 0 Å². The molecule has 0 saturated carbocycles. The molecule has 188 valence electrons. The van der Waals surface area contributed by atoms with Gasteiger partial charge in [0.15, 0.2) is 0 Å². The second kappa shape index (κ2) is 17.6. The third-order valence-corrected chi connectivity index (χ3v) is 6.86. The van der Waals surface area contributed by atoms with Gasteiger partial charge in [-0.25, -0.2) is 4.79 Å². The fourth-order valence-electron chi connectivity index (χ4n) is 3.76. The number of carbonyl (C=O) groups excluding carboxylic acids is 1. The minimum Gasteiger partial charge on any atom is -0.494 e. The zero-order chi connectivity index (χ0) is 24.4. The molecular weight excluding hydrogens is 488 g/mol. The number of carbonyl (C=O) groups is 1. The fourth-order valence-corrected chi connectivity index (χ4v) is 4.16. The number of rotatable bonds is 18. The van der Waals surface area contributed by atoms with Gasteiger partial charge >= 0.3 is 5.97 Å². The zero-order valence-corrected chi connectivity index (χ0v) is 22.8. The largest absolute Gasteiger partial charge is 0.494 e. The van der Waals surface area contributed by atoms with Crippen molar-refractivity contribution in [3.63, 3.8) is 0 Å². The number of benzene rings is 2. The summed E-state index contributed by atoms with van der Waals surface area (Å²) >= 11 is 3.49. The van der Waals surface area contributed by atoms with Crippen molar-refractivity contribution in [1.29, 1.82) is 0 Å². The monoisotopic (exact) mass is 530 g/mol. The molecule has 0 fully saturated rings. The number of hydrogen-bond acceptors (Lipinski definition) is 3.